The summed E-state index contributed by atoms with van der Waals surface area (Å²) in [6, 6.07) is 10.2. The smallest absolute Gasteiger partial charge is 0.407 e. The van der Waals surface area contributed by atoms with Crippen molar-refractivity contribution in [2.45, 2.75) is 31.5 Å². The number of rotatable bonds is 5. The van der Waals surface area contributed by atoms with Crippen molar-refractivity contribution in [3.05, 3.63) is 35.9 Å². The number of alkyl carbamates (subject to hydrolysis) is 1. The summed E-state index contributed by atoms with van der Waals surface area (Å²) in [5, 5.41) is 6.04. The molecule has 1 aromatic rings. The maximum absolute atomic E-state index is 11.6. The average molecular weight is 258 g/mol. The number of amides is 1. The second kappa shape index (κ2) is 6.81. The first kappa shape index (κ1) is 13.4. The highest BCUT2D eigenvalue weighted by Gasteiger charge is 2.29. The molecule has 19 heavy (non-hydrogen) atoms. The van der Waals surface area contributed by atoms with Gasteiger partial charge < -0.3 is 15.4 Å². The average Bonchev–Trinajstić information content (AvgIpc) is 2.40. The lowest BCUT2D eigenvalue weighted by Crippen LogP contribution is -2.52. The number of terminal acetylenes is 1. The zero-order valence-corrected chi connectivity index (χ0v) is 10.8. The van der Waals surface area contributed by atoms with Gasteiger partial charge in [0.2, 0.25) is 0 Å². The Morgan fingerprint density at radius 1 is 1.32 bits per heavy atom. The zero-order chi connectivity index (χ0) is 13.5. The zero-order valence-electron chi connectivity index (χ0n) is 10.8. The molecular formula is C15H18N2O2. The van der Waals surface area contributed by atoms with Crippen LogP contribution in [0.15, 0.2) is 30.3 Å². The van der Waals surface area contributed by atoms with E-state index in [4.69, 9.17) is 11.2 Å². The van der Waals surface area contributed by atoms with E-state index in [1.165, 1.54) is 0 Å². The number of hydrogen-bond donors (Lipinski definition) is 2. The van der Waals surface area contributed by atoms with Gasteiger partial charge in [0.1, 0.15) is 6.61 Å². The van der Waals surface area contributed by atoms with Gasteiger partial charge in [0.15, 0.2) is 0 Å². The van der Waals surface area contributed by atoms with E-state index in [0.717, 1.165) is 18.4 Å². The van der Waals surface area contributed by atoms with E-state index >= 15 is 0 Å². The van der Waals surface area contributed by atoms with Gasteiger partial charge in [-0.05, 0) is 18.4 Å². The quantitative estimate of drug-likeness (QED) is 0.790. The third-order valence-electron chi connectivity index (χ3n) is 3.17. The standard InChI is InChI=1S/C15H18N2O2/c1-2-8-16-13-9-14(10-13)17-15(18)19-11-12-6-4-3-5-7-12/h1,3-7,13-14,16H,8-11H2,(H,17,18). The highest BCUT2D eigenvalue weighted by Crippen LogP contribution is 2.19. The van der Waals surface area contributed by atoms with Gasteiger partial charge in [0.25, 0.3) is 0 Å². The Hall–Kier alpha value is -1.99. The lowest BCUT2D eigenvalue weighted by atomic mass is 9.87. The number of ether oxygens (including phenoxy) is 1. The molecule has 0 heterocycles. The fourth-order valence-electron chi connectivity index (χ4n) is 2.04. The van der Waals surface area contributed by atoms with Crippen LogP contribution in [-0.2, 0) is 11.3 Å². The van der Waals surface area contributed by atoms with Crippen molar-refractivity contribution in [3.63, 3.8) is 0 Å². The van der Waals surface area contributed by atoms with Crippen LogP contribution in [0.2, 0.25) is 0 Å². The highest BCUT2D eigenvalue weighted by atomic mass is 16.5. The van der Waals surface area contributed by atoms with Crippen molar-refractivity contribution in [2.24, 2.45) is 0 Å². The second-order valence-corrected chi connectivity index (χ2v) is 4.66. The molecule has 0 unspecified atom stereocenters. The van der Waals surface area contributed by atoms with E-state index in [0.29, 0.717) is 19.2 Å². The van der Waals surface area contributed by atoms with Crippen LogP contribution < -0.4 is 10.6 Å². The van der Waals surface area contributed by atoms with Gasteiger partial charge in [-0.3, -0.25) is 0 Å². The van der Waals surface area contributed by atoms with Crippen molar-refractivity contribution in [1.82, 2.24) is 10.6 Å². The molecule has 4 heteroatoms. The molecule has 0 atom stereocenters. The molecule has 1 amide bonds. The molecule has 1 aliphatic carbocycles. The predicted octanol–water partition coefficient (Wildman–Crippen LogP) is 1.67. The maximum Gasteiger partial charge on any atom is 0.407 e. The molecule has 0 bridgehead atoms. The van der Waals surface area contributed by atoms with Crippen LogP contribution in [0, 0.1) is 12.3 Å². The summed E-state index contributed by atoms with van der Waals surface area (Å²) in [6.45, 7) is 0.883. The molecule has 0 aliphatic heterocycles. The Balaban J connectivity index is 1.60. The van der Waals surface area contributed by atoms with E-state index in [9.17, 15) is 4.79 Å². The second-order valence-electron chi connectivity index (χ2n) is 4.66. The number of carbonyl (C=O) groups excluding carboxylic acids is 1. The van der Waals surface area contributed by atoms with E-state index in [-0.39, 0.29) is 12.1 Å². The molecule has 2 rings (SSSR count). The summed E-state index contributed by atoms with van der Waals surface area (Å²) in [6.07, 6.45) is 6.62. The van der Waals surface area contributed by atoms with Crippen molar-refractivity contribution in [1.29, 1.82) is 0 Å². The van der Waals surface area contributed by atoms with Crippen LogP contribution in [0.1, 0.15) is 18.4 Å². The van der Waals surface area contributed by atoms with Crippen LogP contribution >= 0.6 is 0 Å². The SMILES string of the molecule is C#CCNC1CC(NC(=O)OCc2ccccc2)C1. The Morgan fingerprint density at radius 2 is 2.05 bits per heavy atom. The van der Waals surface area contributed by atoms with Crippen LogP contribution in [-0.4, -0.2) is 24.7 Å². The number of hydrogen-bond acceptors (Lipinski definition) is 3. The van der Waals surface area contributed by atoms with Gasteiger partial charge in [-0.15, -0.1) is 6.42 Å². The molecule has 0 saturated heterocycles. The minimum absolute atomic E-state index is 0.193. The van der Waals surface area contributed by atoms with Crippen molar-refractivity contribution in [2.75, 3.05) is 6.54 Å². The van der Waals surface area contributed by atoms with Gasteiger partial charge in [0, 0.05) is 12.1 Å². The monoisotopic (exact) mass is 258 g/mol. The number of nitrogens with one attached hydrogen (secondary N) is 2. The Kier molecular flexibility index (Phi) is 4.82. The van der Waals surface area contributed by atoms with E-state index in [2.05, 4.69) is 16.6 Å². The Labute approximate surface area is 113 Å². The molecule has 100 valence electrons. The molecule has 2 N–H and O–H groups in total. The lowest BCUT2D eigenvalue weighted by Gasteiger charge is -2.35. The van der Waals surface area contributed by atoms with Gasteiger partial charge >= 0.3 is 6.09 Å². The number of carbonyl (C=O) groups is 1. The summed E-state index contributed by atoms with van der Waals surface area (Å²) in [7, 11) is 0. The van der Waals surface area contributed by atoms with Crippen molar-refractivity contribution in [3.8, 4) is 12.3 Å². The molecule has 1 aromatic carbocycles. The highest BCUT2D eigenvalue weighted by molar-refractivity contribution is 5.67. The van der Waals surface area contributed by atoms with Crippen molar-refractivity contribution < 1.29 is 9.53 Å². The molecule has 0 aromatic heterocycles. The molecule has 0 radical (unpaired) electrons. The van der Waals surface area contributed by atoms with E-state index < -0.39 is 0 Å². The van der Waals surface area contributed by atoms with Crippen LogP contribution in [0.5, 0.6) is 0 Å². The summed E-state index contributed by atoms with van der Waals surface area (Å²) in [5.41, 5.74) is 0.986. The van der Waals surface area contributed by atoms with Gasteiger partial charge in [0.05, 0.1) is 6.54 Å². The minimum Gasteiger partial charge on any atom is -0.445 e. The normalized spacial score (nSPS) is 21.0. The van der Waals surface area contributed by atoms with E-state index in [1.807, 2.05) is 30.3 Å². The number of benzene rings is 1. The third-order valence-corrected chi connectivity index (χ3v) is 3.17. The minimum atomic E-state index is -0.357. The topological polar surface area (TPSA) is 50.4 Å². The van der Waals surface area contributed by atoms with Gasteiger partial charge in [-0.2, -0.15) is 0 Å². The summed E-state index contributed by atoms with van der Waals surface area (Å²) < 4.78 is 5.15. The molecule has 0 spiro atoms. The fraction of sp³-hybridized carbons (Fsp3) is 0.400. The van der Waals surface area contributed by atoms with Gasteiger partial charge in [-0.25, -0.2) is 4.79 Å². The molecule has 1 saturated carbocycles. The summed E-state index contributed by atoms with van der Waals surface area (Å²) in [5.74, 6) is 2.54. The first-order chi connectivity index (χ1) is 9.28. The van der Waals surface area contributed by atoms with Gasteiger partial charge in [-0.1, -0.05) is 36.3 Å². The molecule has 1 aliphatic rings. The Bertz CT molecular complexity index is 447. The lowest BCUT2D eigenvalue weighted by molar-refractivity contribution is 0.126. The van der Waals surface area contributed by atoms with Crippen LogP contribution in [0.4, 0.5) is 4.79 Å². The largest absolute Gasteiger partial charge is 0.445 e. The Morgan fingerprint density at radius 3 is 2.74 bits per heavy atom. The predicted molar refractivity (Wildman–Crippen MR) is 73.4 cm³/mol. The molecule has 1 fully saturated rings. The third kappa shape index (κ3) is 4.31. The first-order valence-electron chi connectivity index (χ1n) is 6.42. The maximum atomic E-state index is 11.6. The van der Waals surface area contributed by atoms with Crippen LogP contribution in [0.3, 0.4) is 0 Å². The fourth-order valence-corrected chi connectivity index (χ4v) is 2.04. The van der Waals surface area contributed by atoms with E-state index in [1.54, 1.807) is 0 Å². The van der Waals surface area contributed by atoms with Crippen LogP contribution in [0.25, 0.3) is 0 Å². The molecule has 4 nitrogen and oxygen atoms in total. The molecular weight excluding hydrogens is 240 g/mol. The first-order valence-corrected chi connectivity index (χ1v) is 6.42. The van der Waals surface area contributed by atoms with Crippen molar-refractivity contribution >= 4 is 6.09 Å². The summed E-state index contributed by atoms with van der Waals surface area (Å²) in [4.78, 5) is 11.6. The summed E-state index contributed by atoms with van der Waals surface area (Å²) >= 11 is 0.